The number of aromatic hydroxyl groups is 1. The average molecular weight is 438 g/mol. The van der Waals surface area contributed by atoms with E-state index in [1.165, 1.54) is 11.1 Å². The lowest BCUT2D eigenvalue weighted by molar-refractivity contribution is 0.477. The Labute approximate surface area is 171 Å². The number of nitrogens with one attached hydrogen (secondary N) is 2. The number of nitrogens with zero attached hydrogens (tertiary/aromatic N) is 3. The van der Waals surface area contributed by atoms with E-state index >= 15 is 0 Å². The highest BCUT2D eigenvalue weighted by Crippen LogP contribution is 2.31. The zero-order chi connectivity index (χ0) is 19.5. The number of para-hydroxylation sites is 1. The van der Waals surface area contributed by atoms with Gasteiger partial charge in [-0.1, -0.05) is 36.4 Å². The van der Waals surface area contributed by atoms with Gasteiger partial charge in [-0.25, -0.2) is 4.98 Å². The van der Waals surface area contributed by atoms with Crippen molar-refractivity contribution in [2.45, 2.75) is 13.1 Å². The van der Waals surface area contributed by atoms with Gasteiger partial charge in [0.15, 0.2) is 5.65 Å². The van der Waals surface area contributed by atoms with Gasteiger partial charge >= 0.3 is 0 Å². The third-order valence-electron chi connectivity index (χ3n) is 4.49. The van der Waals surface area contributed by atoms with Crippen molar-refractivity contribution in [1.29, 1.82) is 0 Å². The fourth-order valence-electron chi connectivity index (χ4n) is 3.06. The fraction of sp³-hybridized carbons (Fsp3) is 0.143. The zero-order valence-electron chi connectivity index (χ0n) is 15.4. The van der Waals surface area contributed by atoms with Crippen LogP contribution in [-0.2, 0) is 13.1 Å². The second-order valence-electron chi connectivity index (χ2n) is 6.47. The smallest absolute Gasteiger partial charge is 0.172 e. The molecule has 3 N–H and O–H groups in total. The van der Waals surface area contributed by atoms with E-state index in [9.17, 15) is 5.11 Å². The molecule has 28 heavy (non-hydrogen) atoms. The Kier molecular flexibility index (Phi) is 5.27. The van der Waals surface area contributed by atoms with Gasteiger partial charge in [-0.2, -0.15) is 9.61 Å². The van der Waals surface area contributed by atoms with Crippen LogP contribution < -0.4 is 10.6 Å². The number of fused-ring (bicyclic) bond motifs is 1. The van der Waals surface area contributed by atoms with Gasteiger partial charge in [-0.05, 0) is 46.2 Å². The second-order valence-corrected chi connectivity index (χ2v) is 7.33. The molecule has 2 heterocycles. The quantitative estimate of drug-likeness (QED) is 0.421. The predicted molar refractivity (Wildman–Crippen MR) is 114 cm³/mol. The van der Waals surface area contributed by atoms with Crippen LogP contribution in [0.5, 0.6) is 5.75 Å². The van der Waals surface area contributed by atoms with Gasteiger partial charge in [0.25, 0.3) is 0 Å². The van der Waals surface area contributed by atoms with Crippen LogP contribution in [0.15, 0.2) is 65.3 Å². The fourth-order valence-corrected chi connectivity index (χ4v) is 3.41. The van der Waals surface area contributed by atoms with E-state index in [0.717, 1.165) is 16.8 Å². The van der Waals surface area contributed by atoms with E-state index in [-0.39, 0.29) is 5.75 Å². The minimum Gasteiger partial charge on any atom is -0.507 e. The summed E-state index contributed by atoms with van der Waals surface area (Å²) >= 11 is 3.50. The van der Waals surface area contributed by atoms with Crippen molar-refractivity contribution in [3.8, 4) is 17.0 Å². The topological polar surface area (TPSA) is 74.5 Å². The molecule has 7 heteroatoms. The molecular formula is C21H20BrN5O. The van der Waals surface area contributed by atoms with E-state index in [1.807, 2.05) is 25.2 Å². The van der Waals surface area contributed by atoms with Gasteiger partial charge in [-0.15, -0.1) is 0 Å². The molecule has 0 unspecified atom stereocenters. The van der Waals surface area contributed by atoms with Crippen LogP contribution in [0.1, 0.15) is 11.1 Å². The van der Waals surface area contributed by atoms with Crippen molar-refractivity contribution >= 4 is 27.4 Å². The molecule has 6 nitrogen and oxygen atoms in total. The third-order valence-corrected chi connectivity index (χ3v) is 5.05. The van der Waals surface area contributed by atoms with Crippen LogP contribution in [0.4, 0.5) is 5.82 Å². The van der Waals surface area contributed by atoms with Gasteiger partial charge < -0.3 is 15.7 Å². The normalized spacial score (nSPS) is 11.1. The molecule has 0 aliphatic rings. The third kappa shape index (κ3) is 3.72. The average Bonchev–Trinajstić information content (AvgIpc) is 3.09. The van der Waals surface area contributed by atoms with Crippen molar-refractivity contribution in [1.82, 2.24) is 19.9 Å². The standard InChI is InChI=1S/C21H20BrN5O/c1-23-11-14-6-8-15(9-7-14)12-24-20-10-18(16-4-2-3-5-19(16)28)26-21-17(22)13-25-27(20)21/h2-10,13,23-24,28H,11-12H2,1H3. The number of phenolic OH excluding ortho intramolecular Hbond substituents is 1. The van der Waals surface area contributed by atoms with Crippen molar-refractivity contribution < 1.29 is 5.11 Å². The number of halogens is 1. The molecule has 0 aliphatic heterocycles. The first kappa shape index (κ1) is 18.5. The lowest BCUT2D eigenvalue weighted by atomic mass is 10.1. The second kappa shape index (κ2) is 8.00. The molecule has 0 saturated carbocycles. The molecule has 2 aromatic carbocycles. The number of hydrogen-bond donors (Lipinski definition) is 3. The van der Waals surface area contributed by atoms with Crippen molar-refractivity contribution in [3.05, 3.63) is 76.4 Å². The molecule has 0 aliphatic carbocycles. The summed E-state index contributed by atoms with van der Waals surface area (Å²) in [6.07, 6.45) is 1.72. The summed E-state index contributed by atoms with van der Waals surface area (Å²) in [4.78, 5) is 4.66. The first-order chi connectivity index (χ1) is 13.7. The van der Waals surface area contributed by atoms with Crippen LogP contribution in [0.2, 0.25) is 0 Å². The maximum atomic E-state index is 10.2. The van der Waals surface area contributed by atoms with Gasteiger partial charge in [0, 0.05) is 24.7 Å². The van der Waals surface area contributed by atoms with Crippen LogP contribution in [0.25, 0.3) is 16.9 Å². The summed E-state index contributed by atoms with van der Waals surface area (Å²) in [6.45, 7) is 1.50. The lowest BCUT2D eigenvalue weighted by Crippen LogP contribution is -2.08. The Balaban J connectivity index is 1.67. The molecule has 0 bridgehead atoms. The molecule has 0 saturated heterocycles. The van der Waals surface area contributed by atoms with E-state index in [4.69, 9.17) is 0 Å². The molecule has 4 rings (SSSR count). The SMILES string of the molecule is CNCc1ccc(CNc2cc(-c3ccccc3O)nc3c(Br)cnn23)cc1. The number of anilines is 1. The minimum absolute atomic E-state index is 0.195. The van der Waals surface area contributed by atoms with E-state index in [1.54, 1.807) is 22.8 Å². The van der Waals surface area contributed by atoms with Crippen LogP contribution in [0, 0.1) is 0 Å². The molecule has 0 amide bonds. The first-order valence-corrected chi connectivity index (χ1v) is 9.74. The monoisotopic (exact) mass is 437 g/mol. The summed E-state index contributed by atoms with van der Waals surface area (Å²) in [5.74, 6) is 0.995. The first-order valence-electron chi connectivity index (χ1n) is 8.94. The molecule has 142 valence electrons. The number of benzene rings is 2. The molecular weight excluding hydrogens is 418 g/mol. The Morgan fingerprint density at radius 3 is 2.46 bits per heavy atom. The summed E-state index contributed by atoms with van der Waals surface area (Å²) in [7, 11) is 1.94. The molecule has 0 fully saturated rings. The summed E-state index contributed by atoms with van der Waals surface area (Å²) in [6, 6.07) is 17.5. The Bertz CT molecular complexity index is 1110. The minimum atomic E-state index is 0.195. The Hall–Kier alpha value is -2.90. The molecule has 0 atom stereocenters. The van der Waals surface area contributed by atoms with Gasteiger partial charge in [-0.3, -0.25) is 0 Å². The Morgan fingerprint density at radius 1 is 1.04 bits per heavy atom. The molecule has 0 spiro atoms. The van der Waals surface area contributed by atoms with Crippen molar-refractivity contribution in [3.63, 3.8) is 0 Å². The summed E-state index contributed by atoms with van der Waals surface area (Å²) in [5.41, 5.74) is 4.46. The molecule has 0 radical (unpaired) electrons. The van der Waals surface area contributed by atoms with Crippen LogP contribution >= 0.6 is 15.9 Å². The maximum Gasteiger partial charge on any atom is 0.172 e. The Morgan fingerprint density at radius 2 is 1.75 bits per heavy atom. The van der Waals surface area contributed by atoms with E-state index < -0.39 is 0 Å². The van der Waals surface area contributed by atoms with Crippen LogP contribution in [-0.4, -0.2) is 26.8 Å². The van der Waals surface area contributed by atoms with Crippen molar-refractivity contribution in [2.24, 2.45) is 0 Å². The summed E-state index contributed by atoms with van der Waals surface area (Å²) in [5, 5.41) is 21.2. The number of phenols is 1. The van der Waals surface area contributed by atoms with Gasteiger partial charge in [0.1, 0.15) is 11.6 Å². The largest absolute Gasteiger partial charge is 0.507 e. The maximum absolute atomic E-state index is 10.2. The lowest BCUT2D eigenvalue weighted by Gasteiger charge is -2.12. The van der Waals surface area contributed by atoms with Gasteiger partial charge in [0.2, 0.25) is 0 Å². The van der Waals surface area contributed by atoms with Crippen molar-refractivity contribution in [2.75, 3.05) is 12.4 Å². The molecule has 2 aromatic heterocycles. The number of hydrogen-bond acceptors (Lipinski definition) is 5. The van der Waals surface area contributed by atoms with E-state index in [2.05, 4.69) is 60.9 Å². The highest BCUT2D eigenvalue weighted by atomic mass is 79.9. The number of rotatable bonds is 6. The van der Waals surface area contributed by atoms with Crippen LogP contribution in [0.3, 0.4) is 0 Å². The number of aromatic nitrogens is 3. The van der Waals surface area contributed by atoms with E-state index in [0.29, 0.717) is 23.4 Å². The zero-order valence-corrected chi connectivity index (χ0v) is 16.9. The highest BCUT2D eigenvalue weighted by Gasteiger charge is 2.13. The predicted octanol–water partition coefficient (Wildman–Crippen LogP) is 4.20. The summed E-state index contributed by atoms with van der Waals surface area (Å²) < 4.78 is 2.55. The van der Waals surface area contributed by atoms with Gasteiger partial charge in [0.05, 0.1) is 16.4 Å². The highest BCUT2D eigenvalue weighted by molar-refractivity contribution is 9.10. The molecule has 4 aromatic rings.